The Morgan fingerprint density at radius 1 is 0.947 bits per heavy atom. The fraction of sp³-hybridized carbons (Fsp3) is 0.467. The molecule has 0 fully saturated rings. The third-order valence-corrected chi connectivity index (χ3v) is 3.13. The smallest absolute Gasteiger partial charge is 0.0858 e. The van der Waals surface area contributed by atoms with Crippen molar-refractivity contribution in [1.82, 2.24) is 15.0 Å². The summed E-state index contributed by atoms with van der Waals surface area (Å²) in [4.78, 5) is 1.62. The van der Waals surface area contributed by atoms with Crippen LogP contribution in [0.3, 0.4) is 0 Å². The molecule has 1 N–H and O–H groups in total. The highest BCUT2D eigenvalue weighted by Crippen LogP contribution is 2.12. The molecule has 0 aliphatic rings. The van der Waals surface area contributed by atoms with E-state index in [9.17, 15) is 0 Å². The SMILES string of the molecule is CCCCCCCNc1ccc(-n2nccn2)cc1. The standard InChI is InChI=1S/C15H22N4/c1-2-3-4-5-6-11-16-14-7-9-15(10-8-14)19-17-12-13-18-19/h7-10,12-13,16H,2-6,11H2,1H3. The number of rotatable bonds is 8. The molecule has 0 amide bonds. The Labute approximate surface area is 114 Å². The molecule has 102 valence electrons. The van der Waals surface area contributed by atoms with Crippen LogP contribution < -0.4 is 5.32 Å². The number of hydrogen-bond acceptors (Lipinski definition) is 3. The van der Waals surface area contributed by atoms with Crippen LogP contribution in [0.5, 0.6) is 0 Å². The van der Waals surface area contributed by atoms with Crippen LogP contribution in [-0.4, -0.2) is 21.5 Å². The lowest BCUT2D eigenvalue weighted by Gasteiger charge is -2.07. The van der Waals surface area contributed by atoms with E-state index < -0.39 is 0 Å². The lowest BCUT2D eigenvalue weighted by Crippen LogP contribution is -2.02. The molecule has 0 radical (unpaired) electrons. The third kappa shape index (κ3) is 4.39. The van der Waals surface area contributed by atoms with E-state index in [1.165, 1.54) is 32.1 Å². The molecule has 4 nitrogen and oxygen atoms in total. The van der Waals surface area contributed by atoms with E-state index in [0.29, 0.717) is 0 Å². The quantitative estimate of drug-likeness (QED) is 0.735. The van der Waals surface area contributed by atoms with Gasteiger partial charge in [0, 0.05) is 12.2 Å². The molecule has 19 heavy (non-hydrogen) atoms. The summed E-state index contributed by atoms with van der Waals surface area (Å²) in [5.41, 5.74) is 2.14. The van der Waals surface area contributed by atoms with E-state index in [0.717, 1.165) is 17.9 Å². The first-order valence-corrected chi connectivity index (χ1v) is 7.11. The zero-order valence-electron chi connectivity index (χ0n) is 11.5. The van der Waals surface area contributed by atoms with Crippen molar-refractivity contribution in [1.29, 1.82) is 0 Å². The highest BCUT2D eigenvalue weighted by molar-refractivity contribution is 5.47. The van der Waals surface area contributed by atoms with E-state index in [1.54, 1.807) is 17.2 Å². The van der Waals surface area contributed by atoms with Crippen molar-refractivity contribution in [3.8, 4) is 5.69 Å². The summed E-state index contributed by atoms with van der Waals surface area (Å²) in [5.74, 6) is 0. The van der Waals surface area contributed by atoms with Gasteiger partial charge in [-0.1, -0.05) is 32.6 Å². The molecule has 0 aliphatic heterocycles. The van der Waals surface area contributed by atoms with Crippen LogP contribution in [-0.2, 0) is 0 Å². The minimum atomic E-state index is 0.985. The number of aromatic nitrogens is 3. The van der Waals surface area contributed by atoms with Crippen LogP contribution in [0.4, 0.5) is 5.69 Å². The number of benzene rings is 1. The highest BCUT2D eigenvalue weighted by Gasteiger charge is 1.97. The van der Waals surface area contributed by atoms with Gasteiger partial charge in [-0.05, 0) is 30.7 Å². The van der Waals surface area contributed by atoms with Crippen LogP contribution in [0.2, 0.25) is 0 Å². The lowest BCUT2D eigenvalue weighted by atomic mass is 10.1. The molecule has 0 aliphatic carbocycles. The summed E-state index contributed by atoms with van der Waals surface area (Å²) in [6.07, 6.45) is 9.92. The normalized spacial score (nSPS) is 10.6. The highest BCUT2D eigenvalue weighted by atomic mass is 15.5. The van der Waals surface area contributed by atoms with Crippen LogP contribution in [0.25, 0.3) is 5.69 Å². The zero-order chi connectivity index (χ0) is 13.3. The molecule has 0 saturated heterocycles. The average Bonchev–Trinajstić information content (AvgIpc) is 2.97. The summed E-state index contributed by atoms with van der Waals surface area (Å²) in [6.45, 7) is 3.29. The van der Waals surface area contributed by atoms with Gasteiger partial charge in [-0.2, -0.15) is 15.0 Å². The molecule has 2 rings (SSSR count). The van der Waals surface area contributed by atoms with E-state index >= 15 is 0 Å². The van der Waals surface area contributed by atoms with Crippen molar-refractivity contribution in [3.05, 3.63) is 36.7 Å². The number of nitrogens with one attached hydrogen (secondary N) is 1. The van der Waals surface area contributed by atoms with E-state index in [1.807, 2.05) is 12.1 Å². The molecule has 2 aromatic rings. The van der Waals surface area contributed by atoms with Crippen molar-refractivity contribution in [2.75, 3.05) is 11.9 Å². The van der Waals surface area contributed by atoms with Gasteiger partial charge in [0.05, 0.1) is 18.1 Å². The summed E-state index contributed by atoms with van der Waals surface area (Å²) >= 11 is 0. The third-order valence-electron chi connectivity index (χ3n) is 3.13. The molecule has 0 unspecified atom stereocenters. The summed E-state index contributed by atoms with van der Waals surface area (Å²) in [5, 5.41) is 11.7. The van der Waals surface area contributed by atoms with Crippen LogP contribution >= 0.6 is 0 Å². The van der Waals surface area contributed by atoms with E-state index in [-0.39, 0.29) is 0 Å². The Morgan fingerprint density at radius 2 is 1.63 bits per heavy atom. The molecular formula is C15H22N4. The monoisotopic (exact) mass is 258 g/mol. The Bertz CT molecular complexity index is 448. The second-order valence-electron chi connectivity index (χ2n) is 4.71. The number of anilines is 1. The van der Waals surface area contributed by atoms with Crippen LogP contribution in [0.15, 0.2) is 36.7 Å². The summed E-state index contributed by atoms with van der Waals surface area (Å²) in [7, 11) is 0. The van der Waals surface area contributed by atoms with Crippen LogP contribution in [0, 0.1) is 0 Å². The average molecular weight is 258 g/mol. The van der Waals surface area contributed by atoms with Crippen molar-refractivity contribution >= 4 is 5.69 Å². The molecule has 1 aromatic carbocycles. The minimum Gasteiger partial charge on any atom is -0.385 e. The number of hydrogen-bond donors (Lipinski definition) is 1. The first-order chi connectivity index (χ1) is 9.40. The summed E-state index contributed by atoms with van der Waals surface area (Å²) in [6, 6.07) is 8.20. The summed E-state index contributed by atoms with van der Waals surface area (Å²) < 4.78 is 0. The topological polar surface area (TPSA) is 42.7 Å². The van der Waals surface area contributed by atoms with Gasteiger partial charge in [-0.25, -0.2) is 0 Å². The first-order valence-electron chi connectivity index (χ1n) is 7.11. The van der Waals surface area contributed by atoms with Gasteiger partial charge in [0.25, 0.3) is 0 Å². The molecule has 0 spiro atoms. The van der Waals surface area contributed by atoms with E-state index in [2.05, 4.69) is 34.6 Å². The molecule has 0 bridgehead atoms. The number of unbranched alkanes of at least 4 members (excludes halogenated alkanes) is 4. The van der Waals surface area contributed by atoms with Gasteiger partial charge < -0.3 is 5.32 Å². The van der Waals surface area contributed by atoms with Gasteiger partial charge in [-0.3, -0.25) is 0 Å². The van der Waals surface area contributed by atoms with Crippen molar-refractivity contribution < 1.29 is 0 Å². The molecule has 0 saturated carbocycles. The zero-order valence-corrected chi connectivity index (χ0v) is 11.5. The fourth-order valence-electron chi connectivity index (χ4n) is 2.02. The second kappa shape index (κ2) is 7.56. The Hall–Kier alpha value is -1.84. The molecule has 1 aromatic heterocycles. The molecule has 1 heterocycles. The van der Waals surface area contributed by atoms with Crippen LogP contribution in [0.1, 0.15) is 39.0 Å². The minimum absolute atomic E-state index is 0.985. The lowest BCUT2D eigenvalue weighted by molar-refractivity contribution is 0.645. The predicted octanol–water partition coefficient (Wildman–Crippen LogP) is 3.65. The van der Waals surface area contributed by atoms with Gasteiger partial charge in [0.15, 0.2) is 0 Å². The van der Waals surface area contributed by atoms with Gasteiger partial charge in [-0.15, -0.1) is 0 Å². The maximum Gasteiger partial charge on any atom is 0.0858 e. The number of nitrogens with zero attached hydrogens (tertiary/aromatic N) is 3. The molecular weight excluding hydrogens is 236 g/mol. The predicted molar refractivity (Wildman–Crippen MR) is 78.6 cm³/mol. The van der Waals surface area contributed by atoms with Crippen molar-refractivity contribution in [2.24, 2.45) is 0 Å². The van der Waals surface area contributed by atoms with Gasteiger partial charge in [0.1, 0.15) is 0 Å². The Balaban J connectivity index is 1.73. The molecule has 4 heteroatoms. The van der Waals surface area contributed by atoms with Crippen molar-refractivity contribution in [2.45, 2.75) is 39.0 Å². The van der Waals surface area contributed by atoms with E-state index in [4.69, 9.17) is 0 Å². The largest absolute Gasteiger partial charge is 0.385 e. The van der Waals surface area contributed by atoms with Gasteiger partial charge in [0.2, 0.25) is 0 Å². The maximum atomic E-state index is 4.11. The Kier molecular flexibility index (Phi) is 5.41. The fourth-order valence-corrected chi connectivity index (χ4v) is 2.02. The molecule has 0 atom stereocenters. The maximum absolute atomic E-state index is 4.11. The second-order valence-corrected chi connectivity index (χ2v) is 4.71. The van der Waals surface area contributed by atoms with Gasteiger partial charge >= 0.3 is 0 Å². The Morgan fingerprint density at radius 3 is 2.32 bits per heavy atom. The first kappa shape index (κ1) is 13.6. The van der Waals surface area contributed by atoms with Crippen molar-refractivity contribution in [3.63, 3.8) is 0 Å².